The van der Waals surface area contributed by atoms with E-state index in [0.29, 0.717) is 23.9 Å². The van der Waals surface area contributed by atoms with Crippen molar-refractivity contribution in [3.63, 3.8) is 0 Å². The van der Waals surface area contributed by atoms with Gasteiger partial charge in [-0.25, -0.2) is 0 Å². The van der Waals surface area contributed by atoms with Gasteiger partial charge in [0, 0.05) is 50.1 Å². The smallest absolute Gasteiger partial charge is 0.219 e. The number of carbonyl (C=O) groups excluding carboxylic acids is 1. The summed E-state index contributed by atoms with van der Waals surface area (Å²) in [5.74, 6) is 0.952. The van der Waals surface area contributed by atoms with Crippen LogP contribution in [0.3, 0.4) is 0 Å². The minimum Gasteiger partial charge on any atom is -0.335 e. The molecular weight excluding hydrogens is 318 g/mol. The summed E-state index contributed by atoms with van der Waals surface area (Å²) in [5.41, 5.74) is 0. The maximum Gasteiger partial charge on any atom is 0.219 e. The molecule has 3 saturated heterocycles. The van der Waals surface area contributed by atoms with Crippen LogP contribution >= 0.6 is 11.3 Å². The van der Waals surface area contributed by atoms with Gasteiger partial charge in [0.1, 0.15) is 0 Å². The van der Waals surface area contributed by atoms with E-state index in [2.05, 4.69) is 32.2 Å². The molecule has 0 N–H and O–H groups in total. The number of fused-ring (bicyclic) bond motifs is 1. The van der Waals surface area contributed by atoms with Crippen molar-refractivity contribution in [2.45, 2.75) is 51.2 Å². The van der Waals surface area contributed by atoms with Gasteiger partial charge < -0.3 is 9.80 Å². The number of likely N-dealkylation sites (tertiary alicyclic amines) is 3. The first-order chi connectivity index (χ1) is 11.7. The Bertz CT molecular complexity index is 555. The Morgan fingerprint density at radius 1 is 1.25 bits per heavy atom. The van der Waals surface area contributed by atoms with E-state index in [0.717, 1.165) is 32.6 Å². The molecule has 4 rings (SSSR count). The van der Waals surface area contributed by atoms with Crippen LogP contribution in [0.2, 0.25) is 0 Å². The maximum absolute atomic E-state index is 12.3. The summed E-state index contributed by atoms with van der Waals surface area (Å²) in [4.78, 5) is 21.2. The molecule has 3 atom stereocenters. The van der Waals surface area contributed by atoms with Crippen molar-refractivity contribution in [3.05, 3.63) is 22.4 Å². The molecule has 0 spiro atoms. The highest BCUT2D eigenvalue weighted by Gasteiger charge is 2.45. The van der Waals surface area contributed by atoms with Gasteiger partial charge in [-0.15, -0.1) is 11.3 Å². The van der Waals surface area contributed by atoms with E-state index in [4.69, 9.17) is 0 Å². The molecule has 5 heteroatoms. The average molecular weight is 348 g/mol. The van der Waals surface area contributed by atoms with E-state index in [-0.39, 0.29) is 0 Å². The van der Waals surface area contributed by atoms with E-state index < -0.39 is 0 Å². The number of hydrogen-bond donors (Lipinski definition) is 0. The monoisotopic (exact) mass is 347 g/mol. The number of piperidine rings is 1. The van der Waals surface area contributed by atoms with Gasteiger partial charge >= 0.3 is 0 Å². The zero-order chi connectivity index (χ0) is 16.5. The Labute approximate surface area is 149 Å². The van der Waals surface area contributed by atoms with Gasteiger partial charge in [0.2, 0.25) is 5.91 Å². The maximum atomic E-state index is 12.3. The molecule has 132 valence electrons. The van der Waals surface area contributed by atoms with Crippen LogP contribution in [0.4, 0.5) is 0 Å². The molecule has 3 aliphatic rings. The Balaban J connectivity index is 1.41. The first kappa shape index (κ1) is 16.6. The minimum absolute atomic E-state index is 0.290. The second kappa shape index (κ2) is 7.14. The van der Waals surface area contributed by atoms with Gasteiger partial charge in [-0.1, -0.05) is 6.07 Å². The number of thiophene rings is 1. The molecule has 0 bridgehead atoms. The Kier molecular flexibility index (Phi) is 4.93. The SMILES string of the molecule is CC(=O)N1[C@H](CN2CCCC2)C[C@@H]2CN(Cc3cccs3)CC[C@@H]21. The first-order valence-electron chi connectivity index (χ1n) is 9.46. The summed E-state index contributed by atoms with van der Waals surface area (Å²) in [6.45, 7) is 8.68. The molecule has 0 unspecified atom stereocenters. The Morgan fingerprint density at radius 2 is 2.08 bits per heavy atom. The second-order valence-corrected chi connectivity index (χ2v) is 8.79. The van der Waals surface area contributed by atoms with Gasteiger partial charge in [0.15, 0.2) is 0 Å². The predicted octanol–water partition coefficient (Wildman–Crippen LogP) is 2.66. The molecule has 3 fully saturated rings. The van der Waals surface area contributed by atoms with Crippen LogP contribution in [-0.4, -0.2) is 65.4 Å². The van der Waals surface area contributed by atoms with Crippen molar-refractivity contribution in [1.82, 2.24) is 14.7 Å². The van der Waals surface area contributed by atoms with Crippen molar-refractivity contribution in [3.8, 4) is 0 Å². The molecule has 0 aliphatic carbocycles. The zero-order valence-corrected chi connectivity index (χ0v) is 15.5. The highest BCUT2D eigenvalue weighted by Crippen LogP contribution is 2.37. The normalized spacial score (nSPS) is 31.5. The van der Waals surface area contributed by atoms with Crippen LogP contribution in [0.5, 0.6) is 0 Å². The summed E-state index contributed by atoms with van der Waals surface area (Å²) >= 11 is 1.86. The van der Waals surface area contributed by atoms with E-state index in [1.165, 1.54) is 37.2 Å². The van der Waals surface area contributed by atoms with E-state index in [1.54, 1.807) is 6.92 Å². The van der Waals surface area contributed by atoms with Crippen LogP contribution in [0.25, 0.3) is 0 Å². The van der Waals surface area contributed by atoms with Crippen LogP contribution in [0.15, 0.2) is 17.5 Å². The van der Waals surface area contributed by atoms with Gasteiger partial charge in [-0.3, -0.25) is 9.69 Å². The Morgan fingerprint density at radius 3 is 2.79 bits per heavy atom. The fraction of sp³-hybridized carbons (Fsp3) is 0.737. The van der Waals surface area contributed by atoms with Gasteiger partial charge in [-0.2, -0.15) is 0 Å². The third kappa shape index (κ3) is 3.39. The van der Waals surface area contributed by atoms with Crippen molar-refractivity contribution in [2.24, 2.45) is 5.92 Å². The third-order valence-electron chi connectivity index (χ3n) is 6.09. The number of hydrogen-bond acceptors (Lipinski definition) is 4. The lowest BCUT2D eigenvalue weighted by Crippen LogP contribution is -2.49. The van der Waals surface area contributed by atoms with Crippen LogP contribution in [-0.2, 0) is 11.3 Å². The van der Waals surface area contributed by atoms with E-state index in [9.17, 15) is 4.79 Å². The van der Waals surface area contributed by atoms with Crippen molar-refractivity contribution >= 4 is 17.2 Å². The molecule has 4 heterocycles. The predicted molar refractivity (Wildman–Crippen MR) is 98.1 cm³/mol. The summed E-state index contributed by atoms with van der Waals surface area (Å²) in [5, 5.41) is 2.17. The fourth-order valence-corrected chi connectivity index (χ4v) is 5.86. The molecular formula is C19H29N3OS. The summed E-state index contributed by atoms with van der Waals surface area (Å²) < 4.78 is 0. The summed E-state index contributed by atoms with van der Waals surface area (Å²) in [7, 11) is 0. The standard InChI is InChI=1S/C19H29N3OS/c1-15(23)22-17(13-20-7-2-3-8-20)11-16-12-21(9-6-19(16)22)14-18-5-4-10-24-18/h4-5,10,16-17,19H,2-3,6-9,11-14H2,1H3/t16-,17+,19+/m1/s1. The molecule has 1 aromatic rings. The lowest BCUT2D eigenvalue weighted by Gasteiger charge is -2.38. The highest BCUT2D eigenvalue weighted by atomic mass is 32.1. The molecule has 1 amide bonds. The molecule has 0 saturated carbocycles. The number of amides is 1. The Hall–Kier alpha value is -0.910. The van der Waals surface area contributed by atoms with Crippen LogP contribution in [0, 0.1) is 5.92 Å². The lowest BCUT2D eigenvalue weighted by molar-refractivity contribution is -0.133. The number of carbonyl (C=O) groups is 1. The van der Waals surface area contributed by atoms with Crippen LogP contribution < -0.4 is 0 Å². The lowest BCUT2D eigenvalue weighted by atomic mass is 9.92. The fourth-order valence-electron chi connectivity index (χ4n) is 5.11. The zero-order valence-electron chi connectivity index (χ0n) is 14.7. The van der Waals surface area contributed by atoms with E-state index in [1.807, 2.05) is 11.3 Å². The van der Waals surface area contributed by atoms with Crippen molar-refractivity contribution in [1.29, 1.82) is 0 Å². The van der Waals surface area contributed by atoms with Gasteiger partial charge in [0.25, 0.3) is 0 Å². The molecule has 3 aliphatic heterocycles. The molecule has 0 radical (unpaired) electrons. The topological polar surface area (TPSA) is 26.8 Å². The summed E-state index contributed by atoms with van der Waals surface area (Å²) in [6.07, 6.45) is 5.00. The first-order valence-corrected chi connectivity index (χ1v) is 10.3. The summed E-state index contributed by atoms with van der Waals surface area (Å²) in [6, 6.07) is 5.31. The quantitative estimate of drug-likeness (QED) is 0.838. The van der Waals surface area contributed by atoms with Gasteiger partial charge in [-0.05, 0) is 56.1 Å². The molecule has 0 aromatic carbocycles. The minimum atomic E-state index is 0.290. The molecule has 4 nitrogen and oxygen atoms in total. The highest BCUT2D eigenvalue weighted by molar-refractivity contribution is 7.09. The average Bonchev–Trinajstić information content (AvgIpc) is 3.27. The largest absolute Gasteiger partial charge is 0.335 e. The van der Waals surface area contributed by atoms with E-state index >= 15 is 0 Å². The number of nitrogens with zero attached hydrogens (tertiary/aromatic N) is 3. The molecule has 24 heavy (non-hydrogen) atoms. The van der Waals surface area contributed by atoms with Crippen molar-refractivity contribution < 1.29 is 4.79 Å². The van der Waals surface area contributed by atoms with Crippen molar-refractivity contribution in [2.75, 3.05) is 32.7 Å². The number of rotatable bonds is 4. The third-order valence-corrected chi connectivity index (χ3v) is 6.96. The second-order valence-electron chi connectivity index (χ2n) is 7.75. The molecule has 1 aromatic heterocycles. The van der Waals surface area contributed by atoms with Crippen LogP contribution in [0.1, 0.15) is 37.5 Å². The van der Waals surface area contributed by atoms with Gasteiger partial charge in [0.05, 0.1) is 0 Å².